The van der Waals surface area contributed by atoms with E-state index in [1.165, 1.54) is 0 Å². The normalized spacial score (nSPS) is 28.7. The van der Waals surface area contributed by atoms with Crippen LogP contribution in [0.2, 0.25) is 0 Å². The van der Waals surface area contributed by atoms with Crippen LogP contribution in [0.3, 0.4) is 0 Å². The lowest BCUT2D eigenvalue weighted by Gasteiger charge is -2.39. The summed E-state index contributed by atoms with van der Waals surface area (Å²) in [6, 6.07) is 0. The van der Waals surface area contributed by atoms with Crippen LogP contribution >= 0.6 is 0 Å². The molecule has 5 heteroatoms. The first-order valence-electron chi connectivity index (χ1n) is 4.41. The topological polar surface area (TPSA) is 55.6 Å². The van der Waals surface area contributed by atoms with Crippen molar-refractivity contribution in [2.45, 2.75) is 32.5 Å². The van der Waals surface area contributed by atoms with Gasteiger partial charge in [0.2, 0.25) is 0 Å². The third-order valence-electron chi connectivity index (χ3n) is 1.96. The summed E-state index contributed by atoms with van der Waals surface area (Å²) in [6.45, 7) is 7.03. The zero-order valence-electron chi connectivity index (χ0n) is 8.32. The molecule has 0 aliphatic carbocycles. The van der Waals surface area contributed by atoms with Crippen LogP contribution in [0.1, 0.15) is 20.8 Å². The molecule has 1 atom stereocenters. The van der Waals surface area contributed by atoms with Gasteiger partial charge in [0.25, 0.3) is 6.67 Å². The maximum atomic E-state index is 10.3. The van der Waals surface area contributed by atoms with Gasteiger partial charge in [-0.05, 0) is 20.8 Å². The van der Waals surface area contributed by atoms with E-state index in [4.69, 9.17) is 4.74 Å². The summed E-state index contributed by atoms with van der Waals surface area (Å²) in [7, 11) is 0. The van der Waals surface area contributed by atoms with E-state index in [-0.39, 0.29) is 23.3 Å². The van der Waals surface area contributed by atoms with Crippen LogP contribution in [0.5, 0.6) is 0 Å². The van der Waals surface area contributed by atoms with Crippen LogP contribution in [0.15, 0.2) is 0 Å². The van der Waals surface area contributed by atoms with Crippen molar-refractivity contribution in [2.24, 2.45) is 0 Å². The summed E-state index contributed by atoms with van der Waals surface area (Å²) in [4.78, 5) is 11.8. The van der Waals surface area contributed by atoms with E-state index in [2.05, 4.69) is 0 Å². The molecule has 0 N–H and O–H groups in total. The molecular formula is C8H16N2O3. The second-order valence-electron chi connectivity index (χ2n) is 4.17. The van der Waals surface area contributed by atoms with Crippen molar-refractivity contribution >= 4 is 0 Å². The lowest BCUT2D eigenvalue weighted by atomic mass is 10.1. The Morgan fingerprint density at radius 2 is 2.31 bits per heavy atom. The fraction of sp³-hybridized carbons (Fsp3) is 1.00. The van der Waals surface area contributed by atoms with E-state index >= 15 is 0 Å². The first kappa shape index (κ1) is 10.4. The Balaban J connectivity index is 2.52. The predicted molar refractivity (Wildman–Crippen MR) is 48.1 cm³/mol. The van der Waals surface area contributed by atoms with E-state index in [1.807, 2.05) is 25.7 Å². The summed E-state index contributed by atoms with van der Waals surface area (Å²) >= 11 is 0. The van der Waals surface area contributed by atoms with Gasteiger partial charge in [-0.25, -0.2) is 4.90 Å². The first-order chi connectivity index (χ1) is 5.89. The summed E-state index contributed by atoms with van der Waals surface area (Å²) in [6.07, 6.45) is 0.0729. The molecule has 1 rings (SSSR count). The van der Waals surface area contributed by atoms with E-state index in [0.29, 0.717) is 13.1 Å². The smallest absolute Gasteiger partial charge is 0.259 e. The van der Waals surface area contributed by atoms with Crippen molar-refractivity contribution in [1.29, 1.82) is 0 Å². The minimum Gasteiger partial charge on any atom is -0.370 e. The molecule has 0 aromatic carbocycles. The highest BCUT2D eigenvalue weighted by Crippen LogP contribution is 2.20. The van der Waals surface area contributed by atoms with Gasteiger partial charge in [-0.1, -0.05) is 0 Å². The van der Waals surface area contributed by atoms with Crippen LogP contribution < -0.4 is 0 Å². The number of nitrogens with zero attached hydrogens (tertiary/aromatic N) is 2. The van der Waals surface area contributed by atoms with Crippen LogP contribution in [0.4, 0.5) is 0 Å². The molecule has 0 amide bonds. The van der Waals surface area contributed by atoms with Crippen molar-refractivity contribution in [2.75, 3.05) is 19.8 Å². The first-order valence-corrected chi connectivity index (χ1v) is 4.41. The molecule has 5 nitrogen and oxygen atoms in total. The molecule has 1 unspecified atom stereocenters. The van der Waals surface area contributed by atoms with E-state index in [0.717, 1.165) is 0 Å². The Labute approximate surface area is 77.8 Å². The minimum absolute atomic E-state index is 0.0729. The third-order valence-corrected chi connectivity index (χ3v) is 1.96. The predicted octanol–water partition coefficient (Wildman–Crippen LogP) is 0.720. The van der Waals surface area contributed by atoms with Gasteiger partial charge in [0.15, 0.2) is 0 Å². The quantitative estimate of drug-likeness (QED) is 0.473. The molecule has 1 saturated heterocycles. The zero-order valence-corrected chi connectivity index (χ0v) is 8.32. The molecule has 13 heavy (non-hydrogen) atoms. The number of hydrogen-bond acceptors (Lipinski definition) is 4. The molecule has 0 bridgehead atoms. The standard InChI is InChI=1S/C8H16N2O3/c1-7-4-9(6-10(11)12)5-8(2,3)13-7/h7H,4-6H2,1-3H3. The maximum Gasteiger partial charge on any atom is 0.259 e. The highest BCUT2D eigenvalue weighted by atomic mass is 16.6. The Kier molecular flexibility index (Phi) is 2.87. The number of ether oxygens (including phenoxy) is 1. The van der Waals surface area contributed by atoms with Crippen LogP contribution in [0.25, 0.3) is 0 Å². The Morgan fingerprint density at radius 1 is 1.69 bits per heavy atom. The molecule has 1 fully saturated rings. The van der Waals surface area contributed by atoms with Gasteiger partial charge >= 0.3 is 0 Å². The molecule has 0 radical (unpaired) electrons. The molecular weight excluding hydrogens is 172 g/mol. The Bertz CT molecular complexity index is 206. The summed E-state index contributed by atoms with van der Waals surface area (Å²) in [5.41, 5.74) is -0.270. The SMILES string of the molecule is CC1CN(C[N+](=O)[O-])CC(C)(C)O1. The number of morpholine rings is 1. The molecule has 76 valence electrons. The second-order valence-corrected chi connectivity index (χ2v) is 4.17. The van der Waals surface area contributed by atoms with Gasteiger partial charge in [-0.2, -0.15) is 0 Å². The van der Waals surface area contributed by atoms with Gasteiger partial charge in [0.05, 0.1) is 11.7 Å². The molecule has 0 aromatic heterocycles. The molecule has 0 saturated carbocycles. The van der Waals surface area contributed by atoms with Gasteiger partial charge in [0, 0.05) is 18.0 Å². The largest absolute Gasteiger partial charge is 0.370 e. The summed E-state index contributed by atoms with van der Waals surface area (Å²) in [5, 5.41) is 10.3. The Morgan fingerprint density at radius 3 is 2.77 bits per heavy atom. The second kappa shape index (κ2) is 3.59. The molecule has 0 aromatic rings. The van der Waals surface area contributed by atoms with E-state index in [1.54, 1.807) is 0 Å². The van der Waals surface area contributed by atoms with E-state index in [9.17, 15) is 10.1 Å². The van der Waals surface area contributed by atoms with Crippen molar-refractivity contribution in [1.82, 2.24) is 4.90 Å². The van der Waals surface area contributed by atoms with Crippen LogP contribution in [-0.2, 0) is 4.74 Å². The average Bonchev–Trinajstić information content (AvgIpc) is 1.78. The minimum atomic E-state index is -0.298. The molecule has 1 aliphatic heterocycles. The van der Waals surface area contributed by atoms with Crippen molar-refractivity contribution in [3.05, 3.63) is 10.1 Å². The number of nitro groups is 1. The molecule has 1 aliphatic rings. The highest BCUT2D eigenvalue weighted by molar-refractivity contribution is 4.81. The molecule has 0 spiro atoms. The van der Waals surface area contributed by atoms with Gasteiger partial charge < -0.3 is 4.74 Å². The van der Waals surface area contributed by atoms with Gasteiger partial charge in [-0.15, -0.1) is 0 Å². The monoisotopic (exact) mass is 188 g/mol. The highest BCUT2D eigenvalue weighted by Gasteiger charge is 2.32. The third kappa shape index (κ3) is 3.28. The number of hydrogen-bond donors (Lipinski definition) is 0. The fourth-order valence-corrected chi connectivity index (χ4v) is 1.86. The Hall–Kier alpha value is -0.680. The fourth-order valence-electron chi connectivity index (χ4n) is 1.86. The van der Waals surface area contributed by atoms with Crippen molar-refractivity contribution in [3.8, 4) is 0 Å². The average molecular weight is 188 g/mol. The lowest BCUT2D eigenvalue weighted by Crippen LogP contribution is -2.52. The zero-order chi connectivity index (χ0) is 10.1. The van der Waals surface area contributed by atoms with E-state index < -0.39 is 0 Å². The summed E-state index contributed by atoms with van der Waals surface area (Å²) in [5.74, 6) is 0. The number of rotatable bonds is 2. The summed E-state index contributed by atoms with van der Waals surface area (Å²) < 4.78 is 5.62. The van der Waals surface area contributed by atoms with Crippen LogP contribution in [-0.4, -0.2) is 41.3 Å². The molecule has 1 heterocycles. The van der Waals surface area contributed by atoms with Crippen molar-refractivity contribution < 1.29 is 9.66 Å². The van der Waals surface area contributed by atoms with Crippen molar-refractivity contribution in [3.63, 3.8) is 0 Å². The van der Waals surface area contributed by atoms with Gasteiger partial charge in [-0.3, -0.25) is 10.1 Å². The van der Waals surface area contributed by atoms with Gasteiger partial charge in [0.1, 0.15) is 0 Å². The maximum absolute atomic E-state index is 10.3. The van der Waals surface area contributed by atoms with Crippen LogP contribution in [0, 0.1) is 10.1 Å². The lowest BCUT2D eigenvalue weighted by molar-refractivity contribution is -0.507.